The quantitative estimate of drug-likeness (QED) is 0.399. The molecular weight excluding hydrogens is 449 g/mol. The van der Waals surface area contributed by atoms with Gasteiger partial charge < -0.3 is 4.98 Å². The van der Waals surface area contributed by atoms with E-state index in [1.807, 2.05) is 0 Å². The Morgan fingerprint density at radius 3 is 1.24 bits per heavy atom. The van der Waals surface area contributed by atoms with Crippen molar-refractivity contribution in [1.82, 2.24) is 14.8 Å². The Morgan fingerprint density at radius 1 is 0.515 bits per heavy atom. The van der Waals surface area contributed by atoms with E-state index in [0.29, 0.717) is 0 Å². The zero-order valence-electron chi connectivity index (χ0n) is 19.5. The summed E-state index contributed by atoms with van der Waals surface area (Å²) in [6.07, 6.45) is 8.09. The molecule has 33 heavy (non-hydrogen) atoms. The molecule has 2 saturated heterocycles. The Hall–Kier alpha value is -1.78. The zero-order chi connectivity index (χ0) is 20.9. The van der Waals surface area contributed by atoms with Gasteiger partial charge >= 0.3 is 0 Å². The highest BCUT2D eigenvalue weighted by Gasteiger charge is 2.24. The monoisotopic (exact) mass is 485 g/mol. The summed E-state index contributed by atoms with van der Waals surface area (Å²) in [4.78, 5) is 9.26. The fourth-order valence-corrected chi connectivity index (χ4v) is 5.31. The van der Waals surface area contributed by atoms with Gasteiger partial charge in [-0.25, -0.2) is 0 Å². The van der Waals surface area contributed by atoms with E-state index in [2.05, 4.69) is 75.4 Å². The Kier molecular flexibility index (Phi) is 9.88. The molecule has 3 aromatic rings. The fourth-order valence-electron chi connectivity index (χ4n) is 5.31. The minimum atomic E-state index is 0. The summed E-state index contributed by atoms with van der Waals surface area (Å²) >= 11 is 0. The normalized spacial score (nSPS) is 17.2. The average Bonchev–Trinajstić information content (AvgIpc) is 3.19. The van der Waals surface area contributed by atoms with Gasteiger partial charge in [0.1, 0.15) is 0 Å². The van der Waals surface area contributed by atoms with Crippen molar-refractivity contribution < 1.29 is 0 Å². The number of rotatable bonds is 6. The van der Waals surface area contributed by atoms with Gasteiger partial charge in [0.15, 0.2) is 0 Å². The van der Waals surface area contributed by atoms with Crippen molar-refractivity contribution in [3.8, 4) is 22.5 Å². The lowest BCUT2D eigenvalue weighted by atomic mass is 9.98. The molecule has 0 aliphatic carbocycles. The van der Waals surface area contributed by atoms with Crippen LogP contribution in [0, 0.1) is 0 Å². The third kappa shape index (κ3) is 6.22. The molecule has 0 unspecified atom stereocenters. The van der Waals surface area contributed by atoms with Crippen molar-refractivity contribution in [2.75, 3.05) is 26.2 Å². The van der Waals surface area contributed by atoms with Gasteiger partial charge in [0, 0.05) is 13.1 Å². The minimum Gasteiger partial charge on any atom is -0.354 e. The number of aromatic amines is 1. The van der Waals surface area contributed by atoms with Crippen molar-refractivity contribution in [2.24, 2.45) is 0 Å². The number of likely N-dealkylation sites (tertiary alicyclic amines) is 2. The highest BCUT2D eigenvalue weighted by Crippen LogP contribution is 2.36. The smallest absolute Gasteiger partial charge is 0.0507 e. The standard InChI is InChI=1S/C28H35N3.2ClH/c1-5-13-23(14-6-1)27-25(21-30-17-9-3-10-18-30)26(22-31-19-11-4-12-20-31)28(29-27)24-15-7-2-8-16-24;;/h1-2,5-8,13-16,29H,3-4,9-12,17-22H2;2*1H. The molecule has 3 heterocycles. The van der Waals surface area contributed by atoms with E-state index in [-0.39, 0.29) is 24.8 Å². The molecule has 2 aliphatic rings. The first-order valence-corrected chi connectivity index (χ1v) is 12.2. The van der Waals surface area contributed by atoms with Crippen molar-refractivity contribution >= 4 is 24.8 Å². The SMILES string of the molecule is Cl.Cl.c1ccc(-c2[nH]c(-c3ccccc3)c(CN3CCCCC3)c2CN2CCCCC2)cc1. The molecule has 0 amide bonds. The molecule has 178 valence electrons. The molecule has 2 fully saturated rings. The van der Waals surface area contributed by atoms with Crippen LogP contribution in [-0.2, 0) is 13.1 Å². The van der Waals surface area contributed by atoms with Crippen LogP contribution in [0.3, 0.4) is 0 Å². The molecule has 3 nitrogen and oxygen atoms in total. The van der Waals surface area contributed by atoms with Crippen LogP contribution in [0.25, 0.3) is 22.5 Å². The molecule has 0 bridgehead atoms. The van der Waals surface area contributed by atoms with Crippen molar-refractivity contribution in [2.45, 2.75) is 51.6 Å². The summed E-state index contributed by atoms with van der Waals surface area (Å²) in [7, 11) is 0. The lowest BCUT2D eigenvalue weighted by Gasteiger charge is -2.29. The highest BCUT2D eigenvalue weighted by atomic mass is 35.5. The van der Waals surface area contributed by atoms with E-state index in [0.717, 1.165) is 13.1 Å². The van der Waals surface area contributed by atoms with Crippen LogP contribution in [0.1, 0.15) is 49.7 Å². The molecule has 5 rings (SSSR count). The molecule has 0 radical (unpaired) electrons. The van der Waals surface area contributed by atoms with E-state index in [9.17, 15) is 0 Å². The van der Waals surface area contributed by atoms with E-state index in [4.69, 9.17) is 0 Å². The van der Waals surface area contributed by atoms with E-state index in [1.165, 1.54) is 98.3 Å². The van der Waals surface area contributed by atoms with Crippen LogP contribution in [0.4, 0.5) is 0 Å². The van der Waals surface area contributed by atoms with Gasteiger partial charge in [-0.05, 0) is 74.1 Å². The second-order valence-corrected chi connectivity index (χ2v) is 9.24. The summed E-state index contributed by atoms with van der Waals surface area (Å²) in [6, 6.07) is 21.9. The fraction of sp³-hybridized carbons (Fsp3) is 0.429. The number of hydrogen-bond donors (Lipinski definition) is 1. The second kappa shape index (κ2) is 12.6. The summed E-state index contributed by atoms with van der Waals surface area (Å²) < 4.78 is 0. The minimum absolute atomic E-state index is 0. The zero-order valence-corrected chi connectivity index (χ0v) is 21.1. The number of piperidine rings is 2. The Balaban J connectivity index is 0.00000153. The first kappa shape index (κ1) is 25.8. The van der Waals surface area contributed by atoms with Crippen LogP contribution in [0.15, 0.2) is 60.7 Å². The van der Waals surface area contributed by atoms with E-state index >= 15 is 0 Å². The van der Waals surface area contributed by atoms with E-state index < -0.39 is 0 Å². The number of H-pyrrole nitrogens is 1. The van der Waals surface area contributed by atoms with Gasteiger partial charge in [0.05, 0.1) is 11.4 Å². The molecule has 0 spiro atoms. The number of nitrogens with zero attached hydrogens (tertiary/aromatic N) is 2. The van der Waals surface area contributed by atoms with Gasteiger partial charge in [-0.3, -0.25) is 9.80 Å². The van der Waals surface area contributed by atoms with Crippen LogP contribution in [0.5, 0.6) is 0 Å². The first-order chi connectivity index (χ1) is 15.4. The van der Waals surface area contributed by atoms with Gasteiger partial charge in [-0.1, -0.05) is 73.5 Å². The molecule has 5 heteroatoms. The number of nitrogens with one attached hydrogen (secondary N) is 1. The Morgan fingerprint density at radius 2 is 0.879 bits per heavy atom. The second-order valence-electron chi connectivity index (χ2n) is 9.24. The molecule has 2 aliphatic heterocycles. The maximum atomic E-state index is 3.91. The Labute approximate surface area is 211 Å². The molecule has 0 atom stereocenters. The van der Waals surface area contributed by atoms with Crippen molar-refractivity contribution in [1.29, 1.82) is 0 Å². The van der Waals surface area contributed by atoms with Crippen LogP contribution < -0.4 is 0 Å². The topological polar surface area (TPSA) is 22.3 Å². The van der Waals surface area contributed by atoms with Crippen LogP contribution >= 0.6 is 24.8 Å². The third-order valence-electron chi connectivity index (χ3n) is 7.00. The van der Waals surface area contributed by atoms with Crippen molar-refractivity contribution in [3.05, 3.63) is 71.8 Å². The first-order valence-electron chi connectivity index (χ1n) is 12.2. The summed E-state index contributed by atoms with van der Waals surface area (Å²) in [6.45, 7) is 7.01. The van der Waals surface area contributed by atoms with Gasteiger partial charge in [-0.15, -0.1) is 24.8 Å². The van der Waals surface area contributed by atoms with Gasteiger partial charge in [0.25, 0.3) is 0 Å². The van der Waals surface area contributed by atoms with Crippen molar-refractivity contribution in [3.63, 3.8) is 0 Å². The number of halogens is 2. The lowest BCUT2D eigenvalue weighted by Crippen LogP contribution is -2.31. The van der Waals surface area contributed by atoms with Crippen LogP contribution in [0.2, 0.25) is 0 Å². The van der Waals surface area contributed by atoms with E-state index in [1.54, 1.807) is 0 Å². The largest absolute Gasteiger partial charge is 0.354 e. The maximum absolute atomic E-state index is 3.91. The van der Waals surface area contributed by atoms with Crippen LogP contribution in [-0.4, -0.2) is 41.0 Å². The highest BCUT2D eigenvalue weighted by molar-refractivity contribution is 5.85. The van der Waals surface area contributed by atoms with Gasteiger partial charge in [0.2, 0.25) is 0 Å². The number of aromatic nitrogens is 1. The molecule has 1 aromatic heterocycles. The van der Waals surface area contributed by atoms with Gasteiger partial charge in [-0.2, -0.15) is 0 Å². The summed E-state index contributed by atoms with van der Waals surface area (Å²) in [5.74, 6) is 0. The summed E-state index contributed by atoms with van der Waals surface area (Å²) in [5, 5.41) is 0. The number of benzene rings is 2. The Bertz CT molecular complexity index is 882. The predicted octanol–water partition coefficient (Wildman–Crippen LogP) is 7.16. The maximum Gasteiger partial charge on any atom is 0.0507 e. The third-order valence-corrected chi connectivity index (χ3v) is 7.00. The lowest BCUT2D eigenvalue weighted by molar-refractivity contribution is 0.210. The summed E-state index contributed by atoms with van der Waals surface area (Å²) in [5.41, 5.74) is 8.26. The molecular formula is C28H37Cl2N3. The molecule has 0 saturated carbocycles. The molecule has 2 aromatic carbocycles. The number of hydrogen-bond acceptors (Lipinski definition) is 2. The average molecular weight is 487 g/mol. The predicted molar refractivity (Wildman–Crippen MR) is 144 cm³/mol. The molecule has 1 N–H and O–H groups in total.